The Morgan fingerprint density at radius 3 is 1.54 bits per heavy atom. The topological polar surface area (TPSA) is 276 Å². The van der Waals surface area contributed by atoms with Crippen molar-refractivity contribution in [2.75, 3.05) is 13.2 Å². The van der Waals surface area contributed by atoms with E-state index in [0.717, 1.165) is 34.4 Å². The highest BCUT2D eigenvalue weighted by Gasteiger charge is 2.67. The number of ether oxygens (including phenoxy) is 3. The van der Waals surface area contributed by atoms with Gasteiger partial charge in [0.25, 0.3) is 22.9 Å². The molecule has 0 saturated carbocycles. The number of H-pyrrole nitrogens is 2. The highest BCUT2D eigenvalue weighted by Crippen LogP contribution is 2.47. The summed E-state index contributed by atoms with van der Waals surface area (Å²) >= 11 is 0. The van der Waals surface area contributed by atoms with Gasteiger partial charge in [0.15, 0.2) is 34.5 Å². The van der Waals surface area contributed by atoms with E-state index in [-0.39, 0.29) is 22.3 Å². The number of aliphatic hydroxyl groups excluding tert-OH is 6. The largest absolute Gasteiger partial charge is 0.394 e. The molecule has 0 amide bonds. The molecule has 4 aromatic rings. The normalized spacial score (nSPS) is 34.9. The van der Waals surface area contributed by atoms with E-state index in [0.29, 0.717) is 0 Å². The van der Waals surface area contributed by atoms with E-state index < -0.39 is 72.8 Å². The van der Waals surface area contributed by atoms with Crippen LogP contribution in [0.2, 0.25) is 0 Å². The Morgan fingerprint density at radius 2 is 1.18 bits per heavy atom. The molecule has 8 atom stereocenters. The first-order valence-electron chi connectivity index (χ1n) is 11.5. The number of aromatic amines is 2. The molecule has 0 radical (unpaired) electrons. The van der Waals surface area contributed by atoms with Gasteiger partial charge >= 0.3 is 0 Å². The lowest BCUT2D eigenvalue weighted by atomic mass is 10.1. The molecule has 0 aromatic carbocycles. The number of nitrogens with one attached hydrogen (secondary N) is 2. The second kappa shape index (κ2) is 8.94. The third-order valence-electron chi connectivity index (χ3n) is 6.80. The molecular weight excluding hydrogens is 528 g/mol. The van der Waals surface area contributed by atoms with Crippen molar-refractivity contribution >= 4 is 22.3 Å². The van der Waals surface area contributed by atoms with E-state index in [1.807, 2.05) is 0 Å². The average molecular weight is 550 g/mol. The molecule has 2 saturated heterocycles. The minimum atomic E-state index is -2.66. The summed E-state index contributed by atoms with van der Waals surface area (Å²) in [5.74, 6) is -5.32. The average Bonchev–Trinajstić information content (AvgIpc) is 3.68. The molecule has 6 heterocycles. The van der Waals surface area contributed by atoms with Gasteiger partial charge in [-0.3, -0.25) is 23.5 Å². The molecule has 6 rings (SSSR count). The van der Waals surface area contributed by atoms with E-state index in [2.05, 4.69) is 29.9 Å². The van der Waals surface area contributed by atoms with Crippen molar-refractivity contribution in [1.29, 1.82) is 0 Å². The molecule has 0 aliphatic carbocycles. The lowest BCUT2D eigenvalue weighted by molar-refractivity contribution is -0.444. The first-order chi connectivity index (χ1) is 18.7. The van der Waals surface area contributed by atoms with E-state index in [1.165, 1.54) is 0 Å². The Bertz CT molecular complexity index is 1530. The number of rotatable bonds is 6. The third-order valence-corrected chi connectivity index (χ3v) is 6.80. The van der Waals surface area contributed by atoms with Crippen molar-refractivity contribution in [3.8, 4) is 0 Å². The molecule has 39 heavy (non-hydrogen) atoms. The van der Waals surface area contributed by atoms with Crippen LogP contribution < -0.4 is 11.1 Å². The number of imidazole rings is 2. The van der Waals surface area contributed by atoms with Gasteiger partial charge in [-0.1, -0.05) is 0 Å². The Morgan fingerprint density at radius 1 is 0.769 bits per heavy atom. The maximum atomic E-state index is 12.3. The Hall–Kier alpha value is -3.66. The fourth-order valence-electron chi connectivity index (χ4n) is 4.86. The number of nitrogens with zero attached hydrogens (tertiary/aromatic N) is 6. The van der Waals surface area contributed by atoms with Gasteiger partial charge in [-0.15, -0.1) is 0 Å². The van der Waals surface area contributed by atoms with Crippen LogP contribution in [0.15, 0.2) is 34.9 Å². The summed E-state index contributed by atoms with van der Waals surface area (Å²) in [6.07, 6.45) is -6.66. The number of aliphatic hydroxyl groups is 6. The highest BCUT2D eigenvalue weighted by atomic mass is 16.8. The Balaban J connectivity index is 1.63. The first-order valence-corrected chi connectivity index (χ1v) is 11.5. The van der Waals surface area contributed by atoms with Crippen molar-refractivity contribution in [3.05, 3.63) is 46.0 Å². The third kappa shape index (κ3) is 3.43. The predicted octanol–water partition coefficient (Wildman–Crippen LogP) is -5.28. The summed E-state index contributed by atoms with van der Waals surface area (Å²) in [5.41, 5.74) is -2.23. The molecule has 2 fully saturated rings. The van der Waals surface area contributed by atoms with Crippen molar-refractivity contribution in [3.63, 3.8) is 0 Å². The van der Waals surface area contributed by atoms with Gasteiger partial charge in [-0.05, 0) is 0 Å². The van der Waals surface area contributed by atoms with Crippen molar-refractivity contribution in [1.82, 2.24) is 39.0 Å². The molecule has 0 unspecified atom stereocenters. The van der Waals surface area contributed by atoms with E-state index in [4.69, 9.17) is 14.2 Å². The molecule has 2 aliphatic heterocycles. The number of hydrogen-bond acceptors (Lipinski definition) is 15. The van der Waals surface area contributed by atoms with Crippen LogP contribution in [0.5, 0.6) is 0 Å². The fourth-order valence-corrected chi connectivity index (χ4v) is 4.86. The summed E-state index contributed by atoms with van der Waals surface area (Å²) in [4.78, 5) is 45.4. The van der Waals surface area contributed by atoms with Crippen LogP contribution in [-0.2, 0) is 26.0 Å². The molecule has 4 aromatic heterocycles. The molecule has 2 aliphatic rings. The zero-order chi connectivity index (χ0) is 27.7. The number of hydrogen-bond donors (Lipinski definition) is 8. The molecule has 0 spiro atoms. The zero-order valence-electron chi connectivity index (χ0n) is 19.6. The molecule has 8 N–H and O–H groups in total. The van der Waals surface area contributed by atoms with Crippen LogP contribution in [0.4, 0.5) is 0 Å². The quantitative estimate of drug-likeness (QED) is 0.111. The Labute approximate surface area is 214 Å². The van der Waals surface area contributed by atoms with E-state index in [9.17, 15) is 40.2 Å². The highest BCUT2D eigenvalue weighted by molar-refractivity contribution is 5.70. The minimum absolute atomic E-state index is 0.212. The summed E-state index contributed by atoms with van der Waals surface area (Å²) in [7, 11) is 0. The van der Waals surface area contributed by atoms with Gasteiger partial charge in [0, 0.05) is 0 Å². The predicted molar refractivity (Wildman–Crippen MR) is 121 cm³/mol. The van der Waals surface area contributed by atoms with E-state index in [1.54, 1.807) is 0 Å². The summed E-state index contributed by atoms with van der Waals surface area (Å²) in [6, 6.07) is 0. The number of fused-ring (bicyclic) bond motifs is 2. The first kappa shape index (κ1) is 25.6. The maximum absolute atomic E-state index is 12.3. The van der Waals surface area contributed by atoms with Crippen LogP contribution >= 0.6 is 0 Å². The van der Waals surface area contributed by atoms with Crippen LogP contribution in [0.3, 0.4) is 0 Å². The molecular formula is C20H22N8O11. The van der Waals surface area contributed by atoms with Crippen molar-refractivity contribution in [2.24, 2.45) is 0 Å². The SMILES string of the molecule is O=c1[nH]cnc2c1ncn2[C@]1(O[C@@]2(n3cnc4c(=O)[nH]cnc43)O[C@H](CO)[C@@H](O)[C@H]2O)O[C@H](CO)[C@@H](O)[C@H]1O. The van der Waals surface area contributed by atoms with Crippen molar-refractivity contribution in [2.45, 2.75) is 48.4 Å². The van der Waals surface area contributed by atoms with Crippen LogP contribution in [-0.4, -0.2) is 120 Å². The van der Waals surface area contributed by atoms with Gasteiger partial charge in [0.05, 0.1) is 25.9 Å². The lowest BCUT2D eigenvalue weighted by Crippen LogP contribution is -2.58. The van der Waals surface area contributed by atoms with E-state index >= 15 is 0 Å². The van der Waals surface area contributed by atoms with Gasteiger partial charge in [0.1, 0.15) is 37.1 Å². The van der Waals surface area contributed by atoms with Gasteiger partial charge < -0.3 is 50.1 Å². The standard InChI is InChI=1S/C20H22N8O11/c29-1-7-11(31)13(33)19(37-7,27-5-25-9-15(27)21-3-23-17(9)35)39-20(14(34)12(32)8(2-30)38-20)28-6-26-10-16(28)22-4-24-18(10)36/h3-8,11-14,29-34H,1-2H2,(H,21,23,35)(H,22,24,36)/t7-,8-,11-,12-,13-,14-,19+,20+/m1/s1. The molecule has 19 nitrogen and oxygen atoms in total. The summed E-state index contributed by atoms with van der Waals surface area (Å²) < 4.78 is 19.7. The van der Waals surface area contributed by atoms with Crippen molar-refractivity contribution < 1.29 is 44.8 Å². The van der Waals surface area contributed by atoms with Gasteiger partial charge in [-0.25, -0.2) is 19.9 Å². The summed E-state index contributed by atoms with van der Waals surface area (Å²) in [5, 5.41) is 63.7. The number of aromatic nitrogens is 8. The summed E-state index contributed by atoms with van der Waals surface area (Å²) in [6.45, 7) is -1.62. The monoisotopic (exact) mass is 550 g/mol. The second-order valence-electron chi connectivity index (χ2n) is 8.95. The Kier molecular flexibility index (Phi) is 5.87. The molecule has 208 valence electrons. The van der Waals surface area contributed by atoms with Crippen LogP contribution in [0.1, 0.15) is 0 Å². The molecule has 19 heteroatoms. The lowest BCUT2D eigenvalue weighted by Gasteiger charge is -2.42. The van der Waals surface area contributed by atoms with Gasteiger partial charge in [0.2, 0.25) is 0 Å². The molecule has 0 bridgehead atoms. The minimum Gasteiger partial charge on any atom is -0.394 e. The maximum Gasteiger partial charge on any atom is 0.292 e. The fraction of sp³-hybridized carbons (Fsp3) is 0.500. The second-order valence-corrected chi connectivity index (χ2v) is 8.95. The van der Waals surface area contributed by atoms with Gasteiger partial charge in [-0.2, -0.15) is 0 Å². The van der Waals surface area contributed by atoms with Crippen LogP contribution in [0, 0.1) is 0 Å². The zero-order valence-corrected chi connectivity index (χ0v) is 19.6. The van der Waals surface area contributed by atoms with Crippen LogP contribution in [0.25, 0.3) is 22.3 Å². The smallest absolute Gasteiger partial charge is 0.292 e.